The summed E-state index contributed by atoms with van der Waals surface area (Å²) in [5.74, 6) is 0.408. The van der Waals surface area contributed by atoms with Crippen molar-refractivity contribution in [1.29, 1.82) is 0 Å². The standard InChI is InChI=1S/C18H20N2O2/c1-13-9-14(2)11-17(10-13)22-12-18(21)20-19-15(3)16-7-5-4-6-8-16/h4-11H,12H2,1-3H3,(H,20,21)/b19-15-. The number of hydrogen-bond donors (Lipinski definition) is 1. The molecular formula is C18H20N2O2. The highest BCUT2D eigenvalue weighted by Gasteiger charge is 2.03. The molecule has 0 bridgehead atoms. The van der Waals surface area contributed by atoms with Crippen LogP contribution in [0.4, 0.5) is 0 Å². The SMILES string of the molecule is C/C(=N/NC(=O)COc1cc(C)cc(C)c1)c1ccccc1. The zero-order valence-corrected chi connectivity index (χ0v) is 13.1. The molecule has 0 saturated heterocycles. The van der Waals surface area contributed by atoms with Gasteiger partial charge in [0.25, 0.3) is 5.91 Å². The Balaban J connectivity index is 1.88. The van der Waals surface area contributed by atoms with Gasteiger partial charge in [-0.15, -0.1) is 0 Å². The highest BCUT2D eigenvalue weighted by Crippen LogP contribution is 2.15. The number of benzene rings is 2. The van der Waals surface area contributed by atoms with Gasteiger partial charge < -0.3 is 4.74 Å². The molecule has 0 atom stereocenters. The molecule has 0 aliphatic rings. The summed E-state index contributed by atoms with van der Waals surface area (Å²) in [6.45, 7) is 5.77. The van der Waals surface area contributed by atoms with Crippen LogP contribution in [-0.4, -0.2) is 18.2 Å². The van der Waals surface area contributed by atoms with Gasteiger partial charge in [-0.25, -0.2) is 5.43 Å². The van der Waals surface area contributed by atoms with Gasteiger partial charge in [0.15, 0.2) is 6.61 Å². The van der Waals surface area contributed by atoms with Crippen molar-refractivity contribution in [2.75, 3.05) is 6.61 Å². The van der Waals surface area contributed by atoms with Gasteiger partial charge >= 0.3 is 0 Å². The molecular weight excluding hydrogens is 276 g/mol. The van der Waals surface area contributed by atoms with Gasteiger partial charge in [-0.2, -0.15) is 5.10 Å². The van der Waals surface area contributed by atoms with Gasteiger partial charge in [0.05, 0.1) is 5.71 Å². The van der Waals surface area contributed by atoms with E-state index in [0.717, 1.165) is 22.4 Å². The third-order valence-corrected chi connectivity index (χ3v) is 3.11. The molecule has 4 heteroatoms. The molecule has 0 saturated carbocycles. The zero-order valence-electron chi connectivity index (χ0n) is 13.1. The second kappa shape index (κ2) is 7.41. The van der Waals surface area contributed by atoms with Crippen molar-refractivity contribution in [3.8, 4) is 5.75 Å². The molecule has 0 aliphatic carbocycles. The molecule has 0 spiro atoms. The van der Waals surface area contributed by atoms with E-state index in [9.17, 15) is 4.79 Å². The van der Waals surface area contributed by atoms with Gasteiger partial charge in [-0.1, -0.05) is 36.4 Å². The van der Waals surface area contributed by atoms with Crippen LogP contribution < -0.4 is 10.2 Å². The number of hydrogen-bond acceptors (Lipinski definition) is 3. The van der Waals surface area contributed by atoms with Crippen LogP contribution in [0.3, 0.4) is 0 Å². The number of rotatable bonds is 5. The molecule has 1 amide bonds. The fourth-order valence-electron chi connectivity index (χ4n) is 2.09. The minimum absolute atomic E-state index is 0.0610. The van der Waals surface area contributed by atoms with Crippen molar-refractivity contribution in [3.63, 3.8) is 0 Å². The van der Waals surface area contributed by atoms with Crippen molar-refractivity contribution >= 4 is 11.6 Å². The Labute approximate surface area is 130 Å². The summed E-state index contributed by atoms with van der Waals surface area (Å²) in [6, 6.07) is 15.5. The predicted molar refractivity (Wildman–Crippen MR) is 88.2 cm³/mol. The molecule has 2 aromatic carbocycles. The lowest BCUT2D eigenvalue weighted by atomic mass is 10.1. The van der Waals surface area contributed by atoms with E-state index >= 15 is 0 Å². The molecule has 0 aromatic heterocycles. The molecule has 0 aliphatic heterocycles. The molecule has 22 heavy (non-hydrogen) atoms. The second-order valence-corrected chi connectivity index (χ2v) is 5.21. The van der Waals surface area contributed by atoms with Gasteiger partial charge in [0.2, 0.25) is 0 Å². The van der Waals surface area contributed by atoms with Crippen LogP contribution in [0.2, 0.25) is 0 Å². The van der Waals surface area contributed by atoms with Crippen molar-refractivity contribution < 1.29 is 9.53 Å². The fourth-order valence-corrected chi connectivity index (χ4v) is 2.09. The van der Waals surface area contributed by atoms with E-state index < -0.39 is 0 Å². The first-order valence-electron chi connectivity index (χ1n) is 7.14. The van der Waals surface area contributed by atoms with E-state index in [-0.39, 0.29) is 12.5 Å². The normalized spacial score (nSPS) is 11.1. The molecule has 4 nitrogen and oxygen atoms in total. The number of ether oxygens (including phenoxy) is 1. The summed E-state index contributed by atoms with van der Waals surface area (Å²) in [5, 5.41) is 4.08. The first-order valence-corrected chi connectivity index (χ1v) is 7.14. The number of amides is 1. The number of nitrogens with one attached hydrogen (secondary N) is 1. The van der Waals surface area contributed by atoms with E-state index in [1.807, 2.05) is 63.2 Å². The van der Waals surface area contributed by atoms with Gasteiger partial charge in [0.1, 0.15) is 5.75 Å². The lowest BCUT2D eigenvalue weighted by Gasteiger charge is -2.07. The lowest BCUT2D eigenvalue weighted by molar-refractivity contribution is -0.123. The maximum Gasteiger partial charge on any atom is 0.277 e. The summed E-state index contributed by atoms with van der Waals surface area (Å²) in [4.78, 5) is 11.8. The van der Waals surface area contributed by atoms with Gasteiger partial charge in [-0.05, 0) is 49.6 Å². The van der Waals surface area contributed by atoms with E-state index in [0.29, 0.717) is 5.75 Å². The minimum atomic E-state index is -0.283. The Bertz CT molecular complexity index is 658. The summed E-state index contributed by atoms with van der Waals surface area (Å²) < 4.78 is 5.49. The average Bonchev–Trinajstić information content (AvgIpc) is 2.50. The van der Waals surface area contributed by atoms with Crippen molar-refractivity contribution in [3.05, 3.63) is 65.2 Å². The maximum absolute atomic E-state index is 11.8. The van der Waals surface area contributed by atoms with E-state index in [1.165, 1.54) is 0 Å². The number of carbonyl (C=O) groups excluding carboxylic acids is 1. The molecule has 2 aromatic rings. The quantitative estimate of drug-likeness (QED) is 0.680. The zero-order chi connectivity index (χ0) is 15.9. The Kier molecular flexibility index (Phi) is 5.31. The molecule has 1 N–H and O–H groups in total. The summed E-state index contributed by atoms with van der Waals surface area (Å²) in [7, 11) is 0. The van der Waals surface area contributed by atoms with E-state index in [1.54, 1.807) is 0 Å². The predicted octanol–water partition coefficient (Wildman–Crippen LogP) is 3.22. The van der Waals surface area contributed by atoms with Gasteiger partial charge in [-0.3, -0.25) is 4.79 Å². The van der Waals surface area contributed by atoms with Crippen LogP contribution in [-0.2, 0) is 4.79 Å². The van der Waals surface area contributed by atoms with Crippen LogP contribution in [0, 0.1) is 13.8 Å². The lowest BCUT2D eigenvalue weighted by Crippen LogP contribution is -2.25. The summed E-state index contributed by atoms with van der Waals surface area (Å²) >= 11 is 0. The smallest absolute Gasteiger partial charge is 0.277 e. The Morgan fingerprint density at radius 2 is 1.73 bits per heavy atom. The van der Waals surface area contributed by atoms with Crippen molar-refractivity contribution in [1.82, 2.24) is 5.43 Å². The van der Waals surface area contributed by atoms with E-state index in [2.05, 4.69) is 16.6 Å². The Morgan fingerprint density at radius 3 is 2.36 bits per heavy atom. The number of hydrazone groups is 1. The first-order chi connectivity index (χ1) is 10.5. The largest absolute Gasteiger partial charge is 0.484 e. The summed E-state index contributed by atoms with van der Waals surface area (Å²) in [5.41, 5.74) is 6.44. The molecule has 0 unspecified atom stereocenters. The maximum atomic E-state index is 11.8. The minimum Gasteiger partial charge on any atom is -0.484 e. The highest BCUT2D eigenvalue weighted by atomic mass is 16.5. The molecule has 114 valence electrons. The van der Waals surface area contributed by atoms with Crippen molar-refractivity contribution in [2.24, 2.45) is 5.10 Å². The molecule has 0 radical (unpaired) electrons. The Morgan fingerprint density at radius 1 is 1.09 bits per heavy atom. The fraction of sp³-hybridized carbons (Fsp3) is 0.222. The third kappa shape index (κ3) is 4.74. The topological polar surface area (TPSA) is 50.7 Å². The van der Waals surface area contributed by atoms with Crippen molar-refractivity contribution in [2.45, 2.75) is 20.8 Å². The van der Waals surface area contributed by atoms with Crippen LogP contribution in [0.25, 0.3) is 0 Å². The third-order valence-electron chi connectivity index (χ3n) is 3.11. The second-order valence-electron chi connectivity index (χ2n) is 5.21. The average molecular weight is 296 g/mol. The number of aryl methyl sites for hydroxylation is 2. The Hall–Kier alpha value is -2.62. The van der Waals surface area contributed by atoms with Crippen LogP contribution >= 0.6 is 0 Å². The number of nitrogens with zero attached hydrogens (tertiary/aromatic N) is 1. The van der Waals surface area contributed by atoms with Crippen LogP contribution in [0.1, 0.15) is 23.6 Å². The van der Waals surface area contributed by atoms with Gasteiger partial charge in [0, 0.05) is 0 Å². The molecule has 0 fully saturated rings. The molecule has 0 heterocycles. The first kappa shape index (κ1) is 15.8. The number of carbonyl (C=O) groups is 1. The summed E-state index contributed by atoms with van der Waals surface area (Å²) in [6.07, 6.45) is 0. The van der Waals surface area contributed by atoms with E-state index in [4.69, 9.17) is 4.74 Å². The molecule has 2 rings (SSSR count). The highest BCUT2D eigenvalue weighted by molar-refractivity contribution is 5.99. The van der Waals surface area contributed by atoms with Crippen LogP contribution in [0.5, 0.6) is 5.75 Å². The van der Waals surface area contributed by atoms with Crippen LogP contribution in [0.15, 0.2) is 53.6 Å². The monoisotopic (exact) mass is 296 g/mol.